The first-order chi connectivity index (χ1) is 13.0. The summed E-state index contributed by atoms with van der Waals surface area (Å²) in [6, 6.07) is 6.47. The van der Waals surface area contributed by atoms with E-state index in [1.165, 1.54) is 51.0 Å². The number of halogens is 3. The van der Waals surface area contributed by atoms with E-state index in [0.29, 0.717) is 25.3 Å². The zero-order valence-electron chi connectivity index (χ0n) is 16.1. The summed E-state index contributed by atoms with van der Waals surface area (Å²) in [6.07, 6.45) is 7.05. The first kappa shape index (κ1) is 21.6. The van der Waals surface area contributed by atoms with Crippen LogP contribution in [0.2, 0.25) is 0 Å². The summed E-state index contributed by atoms with van der Waals surface area (Å²) in [5.74, 6) is -0.173. The number of fused-ring (bicyclic) bond motifs is 1. The maximum absolute atomic E-state index is 12.6. The molecule has 0 amide bonds. The molecule has 27 heavy (non-hydrogen) atoms. The lowest BCUT2D eigenvalue weighted by atomic mass is 10.1. The fourth-order valence-corrected chi connectivity index (χ4v) is 3.22. The van der Waals surface area contributed by atoms with Gasteiger partial charge in [-0.3, -0.25) is 0 Å². The lowest BCUT2D eigenvalue weighted by molar-refractivity contribution is -0.274. The van der Waals surface area contributed by atoms with Gasteiger partial charge in [-0.2, -0.15) is 0 Å². The number of unbranched alkanes of at least 4 members (excludes halogenated alkanes) is 7. The second-order valence-electron chi connectivity index (χ2n) is 6.84. The molecule has 1 aromatic heterocycles. The monoisotopic (exact) mass is 385 g/mol. The Morgan fingerprint density at radius 2 is 1.59 bits per heavy atom. The molecule has 0 aliphatic heterocycles. The quantitative estimate of drug-likeness (QED) is 0.358. The van der Waals surface area contributed by atoms with Crippen LogP contribution in [0.5, 0.6) is 5.75 Å². The number of hydrogen-bond acceptors (Lipinski definition) is 2. The van der Waals surface area contributed by atoms with E-state index in [1.807, 2.05) is 0 Å². The van der Waals surface area contributed by atoms with Crippen molar-refractivity contribution in [3.63, 3.8) is 0 Å². The highest BCUT2D eigenvalue weighted by molar-refractivity contribution is 5.86. The molecule has 0 saturated carbocycles. The number of alkyl halides is 3. The van der Waals surface area contributed by atoms with Gasteiger partial charge in [-0.15, -0.1) is 13.2 Å². The minimum absolute atomic E-state index is 0.173. The predicted octanol–water partition coefficient (Wildman–Crippen LogP) is 6.70. The van der Waals surface area contributed by atoms with Gasteiger partial charge in [0.15, 0.2) is 5.75 Å². The highest BCUT2D eigenvalue weighted by atomic mass is 19.4. The molecule has 1 aromatic carbocycles. The molecule has 0 bridgehead atoms. The molecule has 3 nitrogen and oxygen atoms in total. The molecule has 6 heteroatoms. The second-order valence-corrected chi connectivity index (χ2v) is 6.84. The molecule has 0 N–H and O–H groups in total. The lowest BCUT2D eigenvalue weighted by Crippen LogP contribution is -2.18. The Hall–Kier alpha value is -1.69. The Bertz CT molecular complexity index is 667. The molecule has 2 aromatic rings. The van der Waals surface area contributed by atoms with Gasteiger partial charge in [-0.05, 0) is 18.6 Å². The maximum Gasteiger partial charge on any atom is 0.573 e. The van der Waals surface area contributed by atoms with Crippen molar-refractivity contribution in [3.8, 4) is 5.75 Å². The van der Waals surface area contributed by atoms with Crippen LogP contribution in [-0.4, -0.2) is 24.1 Å². The van der Waals surface area contributed by atoms with Crippen LogP contribution in [0, 0.1) is 0 Å². The molecule has 2 rings (SSSR count). The molecule has 0 aliphatic rings. The van der Waals surface area contributed by atoms with Crippen molar-refractivity contribution in [3.05, 3.63) is 30.5 Å². The zero-order chi connectivity index (χ0) is 19.5. The van der Waals surface area contributed by atoms with E-state index in [9.17, 15) is 13.2 Å². The van der Waals surface area contributed by atoms with E-state index in [4.69, 9.17) is 4.74 Å². The lowest BCUT2D eigenvalue weighted by Gasteiger charge is -2.13. The van der Waals surface area contributed by atoms with Crippen molar-refractivity contribution >= 4 is 10.9 Å². The number of para-hydroxylation sites is 1. The third-order valence-corrected chi connectivity index (χ3v) is 4.60. The van der Waals surface area contributed by atoms with E-state index >= 15 is 0 Å². The summed E-state index contributed by atoms with van der Waals surface area (Å²) in [4.78, 5) is 0. The summed E-state index contributed by atoms with van der Waals surface area (Å²) in [6.45, 7) is 3.89. The fraction of sp³-hybridized carbons (Fsp3) is 0.619. The minimum Gasteiger partial charge on any atom is -0.404 e. The average Bonchev–Trinajstić information content (AvgIpc) is 3.03. The van der Waals surface area contributed by atoms with Gasteiger partial charge in [0, 0.05) is 24.7 Å². The highest BCUT2D eigenvalue weighted by Gasteiger charge is 2.32. The van der Waals surface area contributed by atoms with Gasteiger partial charge in [-0.25, -0.2) is 0 Å². The number of hydrogen-bond donors (Lipinski definition) is 0. The third kappa shape index (κ3) is 7.83. The van der Waals surface area contributed by atoms with E-state index in [0.717, 1.165) is 11.8 Å². The fourth-order valence-electron chi connectivity index (χ4n) is 3.22. The SMILES string of the molecule is CCCCCCCCCCOCCn1ccc2cccc(OC(F)(F)F)c21. The Kier molecular flexibility index (Phi) is 8.98. The van der Waals surface area contributed by atoms with Crippen LogP contribution in [0.3, 0.4) is 0 Å². The largest absolute Gasteiger partial charge is 0.573 e. The number of ether oxygens (including phenoxy) is 2. The van der Waals surface area contributed by atoms with Crippen LogP contribution < -0.4 is 4.74 Å². The van der Waals surface area contributed by atoms with Crippen LogP contribution in [0.15, 0.2) is 30.5 Å². The number of nitrogens with zero attached hydrogens (tertiary/aromatic N) is 1. The van der Waals surface area contributed by atoms with E-state index in [2.05, 4.69) is 11.7 Å². The van der Waals surface area contributed by atoms with Crippen LogP contribution in [0.4, 0.5) is 13.2 Å². The number of benzene rings is 1. The van der Waals surface area contributed by atoms with Crippen molar-refractivity contribution in [2.45, 2.75) is 71.2 Å². The van der Waals surface area contributed by atoms with Crippen molar-refractivity contribution in [1.29, 1.82) is 0 Å². The maximum atomic E-state index is 12.6. The molecular weight excluding hydrogens is 355 g/mol. The van der Waals surface area contributed by atoms with Gasteiger partial charge < -0.3 is 14.0 Å². The Balaban J connectivity index is 1.70. The molecule has 152 valence electrons. The smallest absolute Gasteiger partial charge is 0.404 e. The summed E-state index contributed by atoms with van der Waals surface area (Å²) in [5, 5.41) is 0.722. The normalized spacial score (nSPS) is 12.0. The molecular formula is C21H30F3NO2. The molecule has 0 atom stereocenters. The number of aromatic nitrogens is 1. The van der Waals surface area contributed by atoms with E-state index < -0.39 is 6.36 Å². The van der Waals surface area contributed by atoms with Crippen LogP contribution in [0.25, 0.3) is 10.9 Å². The van der Waals surface area contributed by atoms with E-state index in [-0.39, 0.29) is 5.75 Å². The first-order valence-corrected chi connectivity index (χ1v) is 9.92. The van der Waals surface area contributed by atoms with Crippen molar-refractivity contribution < 1.29 is 22.6 Å². The molecule has 0 saturated heterocycles. The zero-order valence-corrected chi connectivity index (χ0v) is 16.1. The van der Waals surface area contributed by atoms with Gasteiger partial charge in [0.25, 0.3) is 0 Å². The van der Waals surface area contributed by atoms with Crippen molar-refractivity contribution in [2.24, 2.45) is 0 Å². The molecule has 0 spiro atoms. The molecule has 0 unspecified atom stereocenters. The summed E-state index contributed by atoms with van der Waals surface area (Å²) in [5.41, 5.74) is 0.450. The van der Waals surface area contributed by atoms with Crippen molar-refractivity contribution in [2.75, 3.05) is 13.2 Å². The molecule has 1 heterocycles. The standard InChI is InChI=1S/C21H30F3NO2/c1-2-3-4-5-6-7-8-9-16-26-17-15-25-14-13-18-11-10-12-19(20(18)25)27-21(22,23)24/h10-14H,2-9,15-17H2,1H3. The van der Waals surface area contributed by atoms with Crippen LogP contribution in [-0.2, 0) is 11.3 Å². The van der Waals surface area contributed by atoms with Gasteiger partial charge in [0.05, 0.1) is 12.1 Å². The van der Waals surface area contributed by atoms with Crippen molar-refractivity contribution in [1.82, 2.24) is 4.57 Å². The topological polar surface area (TPSA) is 23.4 Å². The van der Waals surface area contributed by atoms with Gasteiger partial charge in [0.2, 0.25) is 0 Å². The Morgan fingerprint density at radius 3 is 2.30 bits per heavy atom. The number of rotatable bonds is 13. The van der Waals surface area contributed by atoms with E-state index in [1.54, 1.807) is 29.0 Å². The first-order valence-electron chi connectivity index (χ1n) is 9.92. The Labute approximate surface area is 159 Å². The summed E-state index contributed by atoms with van der Waals surface area (Å²) >= 11 is 0. The molecule has 0 fully saturated rings. The minimum atomic E-state index is -4.70. The van der Waals surface area contributed by atoms with Crippen LogP contribution >= 0.6 is 0 Å². The highest BCUT2D eigenvalue weighted by Crippen LogP contribution is 2.31. The summed E-state index contributed by atoms with van der Waals surface area (Å²) < 4.78 is 49.3. The predicted molar refractivity (Wildman–Crippen MR) is 102 cm³/mol. The average molecular weight is 385 g/mol. The molecule has 0 aliphatic carbocycles. The van der Waals surface area contributed by atoms with Crippen LogP contribution in [0.1, 0.15) is 58.3 Å². The third-order valence-electron chi connectivity index (χ3n) is 4.60. The second kappa shape index (κ2) is 11.2. The Morgan fingerprint density at radius 1 is 0.889 bits per heavy atom. The van der Waals surface area contributed by atoms with Gasteiger partial charge in [-0.1, -0.05) is 64.0 Å². The summed E-state index contributed by atoms with van der Waals surface area (Å²) in [7, 11) is 0. The van der Waals surface area contributed by atoms with Gasteiger partial charge in [0.1, 0.15) is 0 Å². The molecule has 0 radical (unpaired) electrons. The van der Waals surface area contributed by atoms with Gasteiger partial charge >= 0.3 is 6.36 Å².